The Bertz CT molecular complexity index is 782. The van der Waals surface area contributed by atoms with Crippen LogP contribution >= 0.6 is 0 Å². The first kappa shape index (κ1) is 18.5. The van der Waals surface area contributed by atoms with Crippen molar-refractivity contribution >= 4 is 5.91 Å². The molecule has 1 N–H and O–H groups in total. The van der Waals surface area contributed by atoms with Gasteiger partial charge in [0.25, 0.3) is 5.91 Å². The Morgan fingerprint density at radius 3 is 2.69 bits per heavy atom. The lowest BCUT2D eigenvalue weighted by atomic mass is 9.91. The van der Waals surface area contributed by atoms with E-state index >= 15 is 0 Å². The van der Waals surface area contributed by atoms with Gasteiger partial charge in [0.1, 0.15) is 5.75 Å². The molecule has 0 saturated carbocycles. The molecule has 1 aliphatic carbocycles. The largest absolute Gasteiger partial charge is 0.483 e. The first-order valence-corrected chi connectivity index (χ1v) is 9.68. The Kier molecular flexibility index (Phi) is 5.97. The van der Waals surface area contributed by atoms with Crippen LogP contribution in [0.3, 0.4) is 0 Å². The van der Waals surface area contributed by atoms with Crippen LogP contribution in [-0.4, -0.2) is 12.5 Å². The van der Waals surface area contributed by atoms with Crippen molar-refractivity contribution in [2.24, 2.45) is 0 Å². The van der Waals surface area contributed by atoms with Gasteiger partial charge in [-0.3, -0.25) is 4.79 Å². The van der Waals surface area contributed by atoms with Crippen LogP contribution in [-0.2, 0) is 17.6 Å². The van der Waals surface area contributed by atoms with Gasteiger partial charge in [0.05, 0.1) is 6.04 Å². The smallest absolute Gasteiger partial charge is 0.258 e. The number of hydrogen-bond donors (Lipinski definition) is 1. The number of nitrogens with one attached hydrogen (secondary N) is 1. The van der Waals surface area contributed by atoms with Crippen LogP contribution in [0.2, 0.25) is 0 Å². The van der Waals surface area contributed by atoms with E-state index in [2.05, 4.69) is 50.4 Å². The van der Waals surface area contributed by atoms with Crippen molar-refractivity contribution in [2.45, 2.75) is 58.9 Å². The van der Waals surface area contributed by atoms with Crippen LogP contribution in [0, 0.1) is 13.8 Å². The van der Waals surface area contributed by atoms with Gasteiger partial charge in [0.2, 0.25) is 0 Å². The van der Waals surface area contributed by atoms with E-state index in [1.54, 1.807) is 0 Å². The average Bonchev–Trinajstić information content (AvgIpc) is 2.66. The molecular weight excluding hydrogens is 322 g/mol. The molecule has 1 atom stereocenters. The highest BCUT2D eigenvalue weighted by atomic mass is 16.5. The lowest BCUT2D eigenvalue weighted by Crippen LogP contribution is -2.32. The minimum absolute atomic E-state index is 0.0232. The summed E-state index contributed by atoms with van der Waals surface area (Å²) in [5, 5.41) is 3.12. The second kappa shape index (κ2) is 8.39. The third-order valence-corrected chi connectivity index (χ3v) is 5.39. The first-order chi connectivity index (χ1) is 12.6. The highest BCUT2D eigenvalue weighted by Gasteiger charge is 2.17. The molecule has 0 saturated heterocycles. The van der Waals surface area contributed by atoms with Gasteiger partial charge >= 0.3 is 0 Å². The third-order valence-electron chi connectivity index (χ3n) is 5.39. The Morgan fingerprint density at radius 2 is 1.92 bits per heavy atom. The number of fused-ring (bicyclic) bond motifs is 1. The second-order valence-electron chi connectivity index (χ2n) is 7.26. The molecule has 0 heterocycles. The molecule has 0 aliphatic heterocycles. The maximum absolute atomic E-state index is 12.4. The zero-order valence-electron chi connectivity index (χ0n) is 16.1. The molecule has 2 aromatic rings. The molecule has 3 heteroatoms. The lowest BCUT2D eigenvalue weighted by molar-refractivity contribution is -0.123. The van der Waals surface area contributed by atoms with E-state index in [1.165, 1.54) is 35.1 Å². The number of aryl methyl sites for hydroxylation is 3. The number of amides is 1. The molecule has 1 aliphatic rings. The summed E-state index contributed by atoms with van der Waals surface area (Å²) in [6, 6.07) is 12.6. The molecule has 2 aromatic carbocycles. The number of benzene rings is 2. The molecule has 0 fully saturated rings. The highest BCUT2D eigenvalue weighted by molar-refractivity contribution is 5.78. The SMILES string of the molecule is CC[C@@H](NC(=O)COc1cccc2c1CCCC2)c1ccc(C)c(C)c1. The topological polar surface area (TPSA) is 38.3 Å². The number of carbonyl (C=O) groups excluding carboxylic acids is 1. The van der Waals surface area contributed by atoms with Gasteiger partial charge < -0.3 is 10.1 Å². The summed E-state index contributed by atoms with van der Waals surface area (Å²) in [5.74, 6) is 0.806. The van der Waals surface area contributed by atoms with Crippen molar-refractivity contribution in [3.63, 3.8) is 0 Å². The summed E-state index contributed by atoms with van der Waals surface area (Å²) in [7, 11) is 0. The van der Waals surface area contributed by atoms with Gasteiger partial charge in [-0.05, 0) is 79.8 Å². The molecule has 138 valence electrons. The van der Waals surface area contributed by atoms with Gasteiger partial charge in [-0.25, -0.2) is 0 Å². The van der Waals surface area contributed by atoms with E-state index < -0.39 is 0 Å². The minimum atomic E-state index is -0.0662. The van der Waals surface area contributed by atoms with Crippen molar-refractivity contribution in [1.29, 1.82) is 0 Å². The molecule has 26 heavy (non-hydrogen) atoms. The summed E-state index contributed by atoms with van der Waals surface area (Å²) in [6.07, 6.45) is 5.46. The van der Waals surface area contributed by atoms with Crippen LogP contribution in [0.4, 0.5) is 0 Å². The van der Waals surface area contributed by atoms with Crippen LogP contribution in [0.15, 0.2) is 36.4 Å². The van der Waals surface area contributed by atoms with Crippen molar-refractivity contribution in [1.82, 2.24) is 5.32 Å². The molecule has 1 amide bonds. The summed E-state index contributed by atoms with van der Waals surface area (Å²) in [6.45, 7) is 6.37. The van der Waals surface area contributed by atoms with Crippen molar-refractivity contribution in [3.05, 3.63) is 64.2 Å². The molecule has 0 bridgehead atoms. The van der Waals surface area contributed by atoms with Gasteiger partial charge in [-0.1, -0.05) is 37.3 Å². The molecule has 3 rings (SSSR count). The molecular formula is C23H29NO2. The van der Waals surface area contributed by atoms with Crippen LogP contribution in [0.25, 0.3) is 0 Å². The predicted molar refractivity (Wildman–Crippen MR) is 106 cm³/mol. The molecule has 3 nitrogen and oxygen atoms in total. The van der Waals surface area contributed by atoms with E-state index in [1.807, 2.05) is 12.1 Å². The Morgan fingerprint density at radius 1 is 1.12 bits per heavy atom. The van der Waals surface area contributed by atoms with E-state index in [9.17, 15) is 4.79 Å². The Hall–Kier alpha value is -2.29. The minimum Gasteiger partial charge on any atom is -0.483 e. The van der Waals surface area contributed by atoms with Gasteiger partial charge in [-0.15, -0.1) is 0 Å². The van der Waals surface area contributed by atoms with Crippen LogP contribution in [0.1, 0.15) is 60.0 Å². The van der Waals surface area contributed by atoms with E-state index in [0.717, 1.165) is 30.6 Å². The fourth-order valence-corrected chi connectivity index (χ4v) is 3.66. The van der Waals surface area contributed by atoms with Gasteiger partial charge in [0.15, 0.2) is 6.61 Å². The predicted octanol–water partition coefficient (Wildman–Crippen LogP) is 4.83. The number of hydrogen-bond acceptors (Lipinski definition) is 2. The zero-order chi connectivity index (χ0) is 18.5. The average molecular weight is 351 g/mol. The van der Waals surface area contributed by atoms with Crippen LogP contribution < -0.4 is 10.1 Å². The van der Waals surface area contributed by atoms with Crippen molar-refractivity contribution in [3.8, 4) is 5.75 Å². The summed E-state index contributed by atoms with van der Waals surface area (Å²) in [5.41, 5.74) is 6.33. The monoisotopic (exact) mass is 351 g/mol. The van der Waals surface area contributed by atoms with Gasteiger partial charge in [-0.2, -0.15) is 0 Å². The quantitative estimate of drug-likeness (QED) is 0.809. The lowest BCUT2D eigenvalue weighted by Gasteiger charge is -2.21. The normalized spacial score (nSPS) is 14.4. The zero-order valence-corrected chi connectivity index (χ0v) is 16.1. The summed E-state index contributed by atoms with van der Waals surface area (Å²) >= 11 is 0. The highest BCUT2D eigenvalue weighted by Crippen LogP contribution is 2.29. The summed E-state index contributed by atoms with van der Waals surface area (Å²) < 4.78 is 5.88. The first-order valence-electron chi connectivity index (χ1n) is 9.68. The van der Waals surface area contributed by atoms with E-state index in [4.69, 9.17) is 4.74 Å². The Balaban J connectivity index is 1.62. The maximum Gasteiger partial charge on any atom is 0.258 e. The fraction of sp³-hybridized carbons (Fsp3) is 0.435. The number of carbonyl (C=O) groups is 1. The molecule has 0 aromatic heterocycles. The van der Waals surface area contributed by atoms with E-state index in [-0.39, 0.29) is 18.6 Å². The maximum atomic E-state index is 12.4. The Labute approximate surface area is 156 Å². The van der Waals surface area contributed by atoms with Crippen molar-refractivity contribution in [2.75, 3.05) is 6.61 Å². The van der Waals surface area contributed by atoms with Crippen molar-refractivity contribution < 1.29 is 9.53 Å². The van der Waals surface area contributed by atoms with Gasteiger partial charge in [0, 0.05) is 0 Å². The molecule has 0 spiro atoms. The molecule has 0 unspecified atom stereocenters. The summed E-state index contributed by atoms with van der Waals surface area (Å²) in [4.78, 5) is 12.4. The number of ether oxygens (including phenoxy) is 1. The fourth-order valence-electron chi connectivity index (χ4n) is 3.66. The molecule has 0 radical (unpaired) electrons. The van der Waals surface area contributed by atoms with E-state index in [0.29, 0.717) is 0 Å². The third kappa shape index (κ3) is 4.27. The number of rotatable bonds is 6. The van der Waals surface area contributed by atoms with Crippen LogP contribution in [0.5, 0.6) is 5.75 Å². The second-order valence-corrected chi connectivity index (χ2v) is 7.26. The standard InChI is InChI=1S/C23H29NO2/c1-4-21(19-13-12-16(2)17(3)14-19)24-23(25)15-26-22-11-7-9-18-8-5-6-10-20(18)22/h7,9,11-14,21H,4-6,8,10,15H2,1-3H3,(H,24,25)/t21-/m1/s1.